The molecule has 0 unspecified atom stereocenters. The number of hydrogen-bond acceptors (Lipinski definition) is 6. The van der Waals surface area contributed by atoms with E-state index in [0.717, 1.165) is 13.2 Å². The Balaban J connectivity index is 5.01. The topological polar surface area (TPSA) is 85.2 Å². The number of oxime groups is 1. The van der Waals surface area contributed by atoms with Gasteiger partial charge in [0.2, 0.25) is 0 Å². The van der Waals surface area contributed by atoms with Crippen molar-refractivity contribution >= 4 is 17.7 Å². The second-order valence-corrected chi connectivity index (χ2v) is 2.26. The molecule has 6 heteroatoms. The maximum absolute atomic E-state index is 11.1. The zero-order chi connectivity index (χ0) is 11.1. The lowest BCUT2D eigenvalue weighted by Gasteiger charge is -2.02. The van der Waals surface area contributed by atoms with Gasteiger partial charge < -0.3 is 14.7 Å². The molecule has 0 saturated carbocycles. The highest BCUT2D eigenvalue weighted by atomic mass is 16.5. The lowest BCUT2D eigenvalue weighted by molar-refractivity contribution is -0.138. The molecule has 0 heterocycles. The molecule has 0 aliphatic heterocycles. The number of esters is 2. The van der Waals surface area contributed by atoms with Crippen molar-refractivity contribution in [3.8, 4) is 0 Å². The van der Waals surface area contributed by atoms with Gasteiger partial charge in [-0.3, -0.25) is 0 Å². The van der Waals surface area contributed by atoms with Gasteiger partial charge in [-0.25, -0.2) is 9.59 Å². The van der Waals surface area contributed by atoms with Crippen LogP contribution < -0.4 is 0 Å². The first-order chi connectivity index (χ1) is 6.56. The normalized spacial score (nSPS) is 12.2. The summed E-state index contributed by atoms with van der Waals surface area (Å²) in [6.07, 6.45) is 0.890. The van der Waals surface area contributed by atoms with Crippen LogP contribution in [-0.2, 0) is 19.1 Å². The summed E-state index contributed by atoms with van der Waals surface area (Å²) in [4.78, 5) is 21.9. The molecule has 0 spiro atoms. The van der Waals surface area contributed by atoms with Crippen LogP contribution in [0.15, 0.2) is 16.8 Å². The van der Waals surface area contributed by atoms with E-state index >= 15 is 0 Å². The molecule has 0 atom stereocenters. The van der Waals surface area contributed by atoms with E-state index in [-0.39, 0.29) is 11.3 Å². The smallest absolute Gasteiger partial charge is 0.340 e. The molecule has 0 aliphatic carbocycles. The Bertz CT molecular complexity index is 292. The average Bonchev–Trinajstić information content (AvgIpc) is 2.23. The Labute approximate surface area is 80.8 Å². The van der Waals surface area contributed by atoms with Crippen molar-refractivity contribution in [3.05, 3.63) is 11.6 Å². The predicted molar refractivity (Wildman–Crippen MR) is 47.0 cm³/mol. The first kappa shape index (κ1) is 12.2. The van der Waals surface area contributed by atoms with Gasteiger partial charge in [0.15, 0.2) is 0 Å². The van der Waals surface area contributed by atoms with Gasteiger partial charge in [0, 0.05) is 6.08 Å². The fourth-order valence-corrected chi connectivity index (χ4v) is 0.652. The van der Waals surface area contributed by atoms with Crippen LogP contribution >= 0.6 is 0 Å². The second-order valence-electron chi connectivity index (χ2n) is 2.26. The molecule has 0 saturated heterocycles. The van der Waals surface area contributed by atoms with Crippen molar-refractivity contribution in [1.82, 2.24) is 0 Å². The van der Waals surface area contributed by atoms with Gasteiger partial charge in [-0.2, -0.15) is 0 Å². The quantitative estimate of drug-likeness (QED) is 0.230. The highest BCUT2D eigenvalue weighted by molar-refractivity contribution is 6.21. The summed E-state index contributed by atoms with van der Waals surface area (Å²) in [5, 5.41) is 11.2. The Kier molecular flexibility index (Phi) is 4.98. The lowest BCUT2D eigenvalue weighted by Crippen LogP contribution is -2.14. The van der Waals surface area contributed by atoms with E-state index in [9.17, 15) is 9.59 Å². The monoisotopic (exact) mass is 201 g/mol. The maximum Gasteiger partial charge on any atom is 0.340 e. The van der Waals surface area contributed by atoms with Gasteiger partial charge >= 0.3 is 11.9 Å². The van der Waals surface area contributed by atoms with Crippen LogP contribution in [0.4, 0.5) is 0 Å². The molecule has 1 N–H and O–H groups in total. The minimum absolute atomic E-state index is 0.0257. The maximum atomic E-state index is 11.1. The van der Waals surface area contributed by atoms with Crippen LogP contribution in [0.25, 0.3) is 0 Å². The molecule has 0 aromatic heterocycles. The summed E-state index contributed by atoms with van der Waals surface area (Å²) in [6, 6.07) is 0. The molecule has 0 fully saturated rings. The third kappa shape index (κ3) is 3.26. The fraction of sp³-hybridized carbons (Fsp3) is 0.375. The highest BCUT2D eigenvalue weighted by Crippen LogP contribution is 2.01. The molecule has 14 heavy (non-hydrogen) atoms. The van der Waals surface area contributed by atoms with E-state index in [1.165, 1.54) is 14.0 Å². The Morgan fingerprint density at radius 2 is 1.86 bits per heavy atom. The summed E-state index contributed by atoms with van der Waals surface area (Å²) in [5.74, 6) is -1.50. The number of ether oxygens (including phenoxy) is 2. The van der Waals surface area contributed by atoms with E-state index < -0.39 is 11.9 Å². The van der Waals surface area contributed by atoms with Gasteiger partial charge in [0.25, 0.3) is 0 Å². The zero-order valence-electron chi connectivity index (χ0n) is 8.10. The molecule has 0 aliphatic rings. The number of hydrogen-bond donors (Lipinski definition) is 1. The second kappa shape index (κ2) is 5.74. The first-order valence-electron chi connectivity index (χ1n) is 3.63. The third-order valence-electron chi connectivity index (χ3n) is 1.41. The Morgan fingerprint density at radius 3 is 2.21 bits per heavy atom. The number of nitrogens with zero attached hydrogens (tertiary/aromatic N) is 1. The summed E-state index contributed by atoms with van der Waals surface area (Å²) < 4.78 is 8.68. The minimum Gasteiger partial charge on any atom is -0.466 e. The fourth-order valence-electron chi connectivity index (χ4n) is 0.652. The lowest BCUT2D eigenvalue weighted by atomic mass is 10.1. The molecule has 6 nitrogen and oxygen atoms in total. The van der Waals surface area contributed by atoms with Crippen molar-refractivity contribution < 1.29 is 24.3 Å². The number of methoxy groups -OCH3 is 2. The molecule has 0 aromatic carbocycles. The number of rotatable bonds is 3. The van der Waals surface area contributed by atoms with Crippen LogP contribution in [0, 0.1) is 0 Å². The molecule has 0 rings (SSSR count). The number of carbonyl (C=O) groups is 2. The molecule has 0 amide bonds. The molecule has 0 bridgehead atoms. The molecular weight excluding hydrogens is 190 g/mol. The summed E-state index contributed by atoms with van der Waals surface area (Å²) in [7, 11) is 2.32. The van der Waals surface area contributed by atoms with Crippen molar-refractivity contribution in [1.29, 1.82) is 0 Å². The summed E-state index contributed by atoms with van der Waals surface area (Å²) in [5.41, 5.74) is -0.177. The Hall–Kier alpha value is -1.85. The van der Waals surface area contributed by atoms with Crippen molar-refractivity contribution in [2.75, 3.05) is 14.2 Å². The predicted octanol–water partition coefficient (Wildman–Crippen LogP) is 0.109. The SMILES string of the molecule is COC(=O)/C=C(C(=O)OC)/C(C)=N/O. The summed E-state index contributed by atoms with van der Waals surface area (Å²) in [6.45, 7) is 1.35. The largest absolute Gasteiger partial charge is 0.466 e. The van der Waals surface area contributed by atoms with E-state index in [2.05, 4.69) is 14.6 Å². The van der Waals surface area contributed by atoms with Crippen molar-refractivity contribution in [3.63, 3.8) is 0 Å². The van der Waals surface area contributed by atoms with Crippen LogP contribution in [0.1, 0.15) is 6.92 Å². The van der Waals surface area contributed by atoms with Crippen molar-refractivity contribution in [2.45, 2.75) is 6.92 Å². The molecule has 0 radical (unpaired) electrons. The van der Waals surface area contributed by atoms with Gasteiger partial charge in [0.1, 0.15) is 0 Å². The molecule has 78 valence electrons. The van der Waals surface area contributed by atoms with Gasteiger partial charge in [-0.05, 0) is 6.92 Å². The van der Waals surface area contributed by atoms with E-state index in [0.29, 0.717) is 0 Å². The highest BCUT2D eigenvalue weighted by Gasteiger charge is 2.15. The zero-order valence-corrected chi connectivity index (χ0v) is 8.10. The average molecular weight is 201 g/mol. The first-order valence-corrected chi connectivity index (χ1v) is 3.63. The van der Waals surface area contributed by atoms with Crippen LogP contribution in [0.2, 0.25) is 0 Å². The van der Waals surface area contributed by atoms with Crippen LogP contribution in [-0.4, -0.2) is 37.1 Å². The van der Waals surface area contributed by atoms with Gasteiger partial charge in [-0.1, -0.05) is 5.16 Å². The minimum atomic E-state index is -0.773. The standard InChI is InChI=1S/C8H11NO5/c1-5(9-12)6(8(11)14-3)4-7(10)13-2/h4,12H,1-3H3/b6-4-,9-5+. The number of carbonyl (C=O) groups excluding carboxylic acids is 2. The van der Waals surface area contributed by atoms with Gasteiger partial charge in [0.05, 0.1) is 25.5 Å². The van der Waals surface area contributed by atoms with Crippen molar-refractivity contribution in [2.24, 2.45) is 5.16 Å². The third-order valence-corrected chi connectivity index (χ3v) is 1.41. The summed E-state index contributed by atoms with van der Waals surface area (Å²) >= 11 is 0. The Morgan fingerprint density at radius 1 is 1.29 bits per heavy atom. The van der Waals surface area contributed by atoms with E-state index in [1.807, 2.05) is 0 Å². The molecule has 0 aromatic rings. The van der Waals surface area contributed by atoms with Crippen LogP contribution in [0.5, 0.6) is 0 Å². The van der Waals surface area contributed by atoms with Crippen LogP contribution in [0.3, 0.4) is 0 Å². The van der Waals surface area contributed by atoms with E-state index in [1.54, 1.807) is 0 Å². The van der Waals surface area contributed by atoms with E-state index in [4.69, 9.17) is 5.21 Å². The van der Waals surface area contributed by atoms with Gasteiger partial charge in [-0.15, -0.1) is 0 Å². The molecular formula is C8H11NO5.